The third-order valence-electron chi connectivity index (χ3n) is 1.14. The zero-order valence-corrected chi connectivity index (χ0v) is 6.80. The van der Waals surface area contributed by atoms with E-state index in [1.54, 1.807) is 0 Å². The molecule has 0 spiro atoms. The Hall–Kier alpha value is -0.770. The largest absolute Gasteiger partial charge is 0.480 e. The molecule has 0 unspecified atom stereocenters. The van der Waals surface area contributed by atoms with Crippen LogP contribution in [0.3, 0.4) is 0 Å². The highest BCUT2D eigenvalue weighted by molar-refractivity contribution is 5.73. The molecule has 0 aliphatic carbocycles. The number of hydrazine groups is 1. The number of rotatable bonds is 6. The summed E-state index contributed by atoms with van der Waals surface area (Å²) in [6.45, 7) is -0.983. The van der Waals surface area contributed by atoms with E-state index in [4.69, 9.17) is 26.9 Å². The van der Waals surface area contributed by atoms with Crippen molar-refractivity contribution in [2.24, 2.45) is 11.6 Å². The SMILES string of the molecule is NNCC(O)(O)OC[C@H](N)C(=O)O. The molecule has 0 amide bonds. The Balaban J connectivity index is 3.80. The van der Waals surface area contributed by atoms with E-state index >= 15 is 0 Å². The molecule has 0 aromatic rings. The Morgan fingerprint density at radius 1 is 1.62 bits per heavy atom. The molecule has 0 fully saturated rings. The van der Waals surface area contributed by atoms with Crippen molar-refractivity contribution in [2.75, 3.05) is 13.2 Å². The first-order valence-corrected chi connectivity index (χ1v) is 3.39. The third kappa shape index (κ3) is 5.47. The van der Waals surface area contributed by atoms with Crippen molar-refractivity contribution in [3.8, 4) is 0 Å². The lowest BCUT2D eigenvalue weighted by atomic mass is 10.3. The van der Waals surface area contributed by atoms with E-state index in [2.05, 4.69) is 4.74 Å². The van der Waals surface area contributed by atoms with E-state index in [1.165, 1.54) is 0 Å². The summed E-state index contributed by atoms with van der Waals surface area (Å²) in [5.41, 5.74) is 6.97. The molecular weight excluding hydrogens is 182 g/mol. The van der Waals surface area contributed by atoms with Crippen molar-refractivity contribution < 1.29 is 24.9 Å². The molecule has 0 bridgehead atoms. The number of aliphatic hydroxyl groups is 2. The average molecular weight is 195 g/mol. The first kappa shape index (κ1) is 12.2. The van der Waals surface area contributed by atoms with Crippen LogP contribution in [0.5, 0.6) is 0 Å². The smallest absolute Gasteiger partial charge is 0.322 e. The number of nitrogens with one attached hydrogen (secondary N) is 1. The number of nitrogens with two attached hydrogens (primary N) is 2. The van der Waals surface area contributed by atoms with Gasteiger partial charge in [-0.15, -0.1) is 0 Å². The summed E-state index contributed by atoms with van der Waals surface area (Å²) < 4.78 is 4.36. The second-order valence-corrected chi connectivity index (χ2v) is 2.38. The second kappa shape index (κ2) is 5.07. The summed E-state index contributed by atoms with van der Waals surface area (Å²) in [4.78, 5) is 10.2. The number of carboxylic acid groups (broad SMARTS) is 1. The van der Waals surface area contributed by atoms with E-state index < -0.39 is 31.1 Å². The van der Waals surface area contributed by atoms with Crippen molar-refractivity contribution in [3.63, 3.8) is 0 Å². The molecule has 1 atom stereocenters. The molecule has 0 heterocycles. The first-order valence-electron chi connectivity index (χ1n) is 3.39. The molecular formula is C5H13N3O5. The summed E-state index contributed by atoms with van der Waals surface area (Å²) in [6.07, 6.45) is 0. The van der Waals surface area contributed by atoms with Gasteiger partial charge in [0.15, 0.2) is 0 Å². The second-order valence-electron chi connectivity index (χ2n) is 2.38. The van der Waals surface area contributed by atoms with Crippen molar-refractivity contribution in [3.05, 3.63) is 0 Å². The maximum absolute atomic E-state index is 10.2. The number of hydrogen-bond donors (Lipinski definition) is 6. The normalized spacial score (nSPS) is 14.2. The van der Waals surface area contributed by atoms with Gasteiger partial charge in [-0.25, -0.2) is 0 Å². The van der Waals surface area contributed by atoms with Crippen molar-refractivity contribution in [1.82, 2.24) is 5.43 Å². The van der Waals surface area contributed by atoms with Gasteiger partial charge in [-0.3, -0.25) is 16.1 Å². The van der Waals surface area contributed by atoms with Gasteiger partial charge in [0.2, 0.25) is 0 Å². The fourth-order valence-corrected chi connectivity index (χ4v) is 0.479. The molecule has 8 N–H and O–H groups in total. The molecule has 0 saturated heterocycles. The summed E-state index contributed by atoms with van der Waals surface area (Å²) in [6, 6.07) is -1.31. The van der Waals surface area contributed by atoms with E-state index in [0.29, 0.717) is 0 Å². The van der Waals surface area contributed by atoms with Gasteiger partial charge < -0.3 is 25.8 Å². The van der Waals surface area contributed by atoms with Crippen molar-refractivity contribution in [2.45, 2.75) is 12.0 Å². The molecule has 0 saturated carbocycles. The molecule has 8 heteroatoms. The summed E-state index contributed by atoms with van der Waals surface area (Å²) in [5.74, 6) is 0.976. The van der Waals surface area contributed by atoms with Crippen molar-refractivity contribution in [1.29, 1.82) is 0 Å². The minimum atomic E-state index is -2.51. The molecule has 0 rings (SSSR count). The van der Waals surface area contributed by atoms with Crippen LogP contribution in [0.2, 0.25) is 0 Å². The topological polar surface area (TPSA) is 151 Å². The number of carboxylic acids is 1. The number of ether oxygens (including phenoxy) is 1. The maximum Gasteiger partial charge on any atom is 0.322 e. The van der Waals surface area contributed by atoms with Crippen LogP contribution in [-0.2, 0) is 9.53 Å². The first-order chi connectivity index (χ1) is 5.89. The summed E-state index contributed by atoms with van der Waals surface area (Å²) in [7, 11) is 0. The fourth-order valence-electron chi connectivity index (χ4n) is 0.479. The third-order valence-corrected chi connectivity index (χ3v) is 1.14. The van der Waals surface area contributed by atoms with Gasteiger partial charge in [-0.1, -0.05) is 0 Å². The molecule has 0 radical (unpaired) electrons. The molecule has 0 aliphatic rings. The lowest BCUT2D eigenvalue weighted by molar-refractivity contribution is -0.333. The predicted molar refractivity (Wildman–Crippen MR) is 40.9 cm³/mol. The van der Waals surface area contributed by atoms with Crippen LogP contribution in [0, 0.1) is 0 Å². The van der Waals surface area contributed by atoms with E-state index in [1.807, 2.05) is 5.43 Å². The minimum Gasteiger partial charge on any atom is -0.480 e. The lowest BCUT2D eigenvalue weighted by Gasteiger charge is -2.21. The maximum atomic E-state index is 10.2. The number of hydrogen-bond acceptors (Lipinski definition) is 7. The summed E-state index contributed by atoms with van der Waals surface area (Å²) in [5, 5.41) is 26.1. The van der Waals surface area contributed by atoms with Crippen LogP contribution in [0.25, 0.3) is 0 Å². The van der Waals surface area contributed by atoms with Gasteiger partial charge in [0.05, 0.1) is 13.2 Å². The van der Waals surface area contributed by atoms with E-state index in [-0.39, 0.29) is 0 Å². The summed E-state index contributed by atoms with van der Waals surface area (Å²) >= 11 is 0. The Bertz CT molecular complexity index is 174. The van der Waals surface area contributed by atoms with E-state index in [9.17, 15) is 4.79 Å². The Morgan fingerprint density at radius 3 is 2.54 bits per heavy atom. The fraction of sp³-hybridized carbons (Fsp3) is 0.800. The molecule has 0 aromatic carbocycles. The Kier molecular flexibility index (Phi) is 4.77. The highest BCUT2D eigenvalue weighted by atomic mass is 16.8. The Labute approximate surface area is 74.1 Å². The highest BCUT2D eigenvalue weighted by Crippen LogP contribution is 1.99. The molecule has 13 heavy (non-hydrogen) atoms. The van der Waals surface area contributed by atoms with Crippen LogP contribution in [-0.4, -0.2) is 46.5 Å². The van der Waals surface area contributed by atoms with Crippen LogP contribution >= 0.6 is 0 Å². The van der Waals surface area contributed by atoms with Crippen LogP contribution in [0.15, 0.2) is 0 Å². The standard InChI is InChI=1S/C5H13N3O5/c6-3(4(9)10)1-13-5(11,12)2-8-7/h3,8,11-12H,1-2,6-7H2,(H,9,10)/t3-/m0/s1. The molecule has 0 aromatic heterocycles. The van der Waals surface area contributed by atoms with Gasteiger partial charge in [0.1, 0.15) is 6.04 Å². The van der Waals surface area contributed by atoms with Crippen LogP contribution < -0.4 is 17.0 Å². The minimum absolute atomic E-state index is 0.459. The van der Waals surface area contributed by atoms with E-state index in [0.717, 1.165) is 0 Å². The zero-order valence-electron chi connectivity index (χ0n) is 6.80. The van der Waals surface area contributed by atoms with Crippen LogP contribution in [0.4, 0.5) is 0 Å². The van der Waals surface area contributed by atoms with Gasteiger partial charge in [-0.2, -0.15) is 0 Å². The van der Waals surface area contributed by atoms with Gasteiger partial charge >= 0.3 is 5.97 Å². The average Bonchev–Trinajstić information content (AvgIpc) is 2.00. The number of aliphatic carboxylic acids is 1. The predicted octanol–water partition coefficient (Wildman–Crippen LogP) is -3.48. The zero-order chi connectivity index (χ0) is 10.5. The monoisotopic (exact) mass is 195 g/mol. The lowest BCUT2D eigenvalue weighted by Crippen LogP contribution is -2.48. The highest BCUT2D eigenvalue weighted by Gasteiger charge is 2.25. The molecule has 8 nitrogen and oxygen atoms in total. The quantitative estimate of drug-likeness (QED) is 0.145. The Morgan fingerprint density at radius 2 is 2.15 bits per heavy atom. The van der Waals surface area contributed by atoms with Gasteiger partial charge in [-0.05, 0) is 0 Å². The van der Waals surface area contributed by atoms with Gasteiger partial charge in [0, 0.05) is 0 Å². The molecule has 78 valence electrons. The van der Waals surface area contributed by atoms with Crippen molar-refractivity contribution >= 4 is 5.97 Å². The van der Waals surface area contributed by atoms with Crippen LogP contribution in [0.1, 0.15) is 0 Å². The van der Waals surface area contributed by atoms with Gasteiger partial charge in [0.25, 0.3) is 5.97 Å². The molecule has 0 aliphatic heterocycles. The number of carbonyl (C=O) groups is 1.